The van der Waals surface area contributed by atoms with Crippen molar-refractivity contribution in [1.82, 2.24) is 24.7 Å². The Kier molecular flexibility index (Phi) is 1.54. The third-order valence-corrected chi connectivity index (χ3v) is 2.66. The van der Waals surface area contributed by atoms with E-state index in [2.05, 4.69) is 20.1 Å². The largest absolute Gasteiger partial charge is 0.252 e. The van der Waals surface area contributed by atoms with Crippen molar-refractivity contribution in [2.24, 2.45) is 0 Å². The minimum absolute atomic E-state index is 0.549. The van der Waals surface area contributed by atoms with E-state index in [0.29, 0.717) is 5.95 Å². The second kappa shape index (κ2) is 2.85. The molecule has 3 heterocycles. The number of hydrogen-bond acceptors (Lipinski definition) is 5. The lowest BCUT2D eigenvalue weighted by atomic mass is 10.5. The second-order valence-electron chi connectivity index (χ2n) is 2.68. The van der Waals surface area contributed by atoms with Gasteiger partial charge in [-0.05, 0) is 11.4 Å². The molecule has 0 aromatic carbocycles. The first-order chi connectivity index (χ1) is 6.93. The first-order valence-electron chi connectivity index (χ1n) is 3.99. The molecule has 5 nitrogen and oxygen atoms in total. The first-order valence-corrected chi connectivity index (χ1v) is 4.87. The molecule has 0 N–H and O–H groups in total. The van der Waals surface area contributed by atoms with Crippen molar-refractivity contribution in [2.45, 2.75) is 0 Å². The molecule has 3 aromatic heterocycles. The highest BCUT2D eigenvalue weighted by Gasteiger charge is 2.02. The fourth-order valence-electron chi connectivity index (χ4n) is 1.18. The van der Waals surface area contributed by atoms with Gasteiger partial charge in [0.05, 0.1) is 16.4 Å². The Hall–Kier alpha value is -1.82. The molecule has 0 bridgehead atoms. The lowest BCUT2D eigenvalue weighted by Crippen LogP contribution is -2.00. The monoisotopic (exact) mass is 203 g/mol. The zero-order valence-corrected chi connectivity index (χ0v) is 7.85. The number of hydrogen-bond donors (Lipinski definition) is 0. The maximum atomic E-state index is 4.34. The Balaban J connectivity index is 2.23. The summed E-state index contributed by atoms with van der Waals surface area (Å²) in [5.74, 6) is 0.549. The average Bonchev–Trinajstić information content (AvgIpc) is 2.88. The van der Waals surface area contributed by atoms with Crippen molar-refractivity contribution in [3.8, 4) is 5.95 Å². The summed E-state index contributed by atoms with van der Waals surface area (Å²) in [7, 11) is 0. The summed E-state index contributed by atoms with van der Waals surface area (Å²) in [6, 6.07) is 1.96. The maximum absolute atomic E-state index is 4.34. The molecule has 0 fully saturated rings. The zero-order valence-electron chi connectivity index (χ0n) is 7.03. The molecular weight excluding hydrogens is 198 g/mol. The minimum atomic E-state index is 0.549. The summed E-state index contributed by atoms with van der Waals surface area (Å²) in [5, 5.41) is 5.95. The van der Waals surface area contributed by atoms with Gasteiger partial charge in [-0.1, -0.05) is 0 Å². The topological polar surface area (TPSA) is 56.5 Å². The number of nitrogens with zero attached hydrogens (tertiary/aromatic N) is 5. The van der Waals surface area contributed by atoms with E-state index < -0.39 is 0 Å². The summed E-state index contributed by atoms with van der Waals surface area (Å²) in [5.41, 5.74) is 0.940. The van der Waals surface area contributed by atoms with Crippen LogP contribution in [-0.2, 0) is 0 Å². The lowest BCUT2D eigenvalue weighted by Gasteiger charge is -1.96. The van der Waals surface area contributed by atoms with E-state index in [1.165, 1.54) is 11.0 Å². The van der Waals surface area contributed by atoms with Crippen molar-refractivity contribution < 1.29 is 0 Å². The zero-order chi connectivity index (χ0) is 9.38. The van der Waals surface area contributed by atoms with Gasteiger partial charge in [-0.15, -0.1) is 11.3 Å². The van der Waals surface area contributed by atoms with Gasteiger partial charge in [0.2, 0.25) is 0 Å². The molecule has 0 aliphatic rings. The molecule has 0 saturated carbocycles. The van der Waals surface area contributed by atoms with Crippen LogP contribution in [0.3, 0.4) is 0 Å². The highest BCUT2D eigenvalue weighted by Crippen LogP contribution is 2.17. The fourth-order valence-corrected chi connectivity index (χ4v) is 1.87. The van der Waals surface area contributed by atoms with Crippen LogP contribution in [0.4, 0.5) is 0 Å². The van der Waals surface area contributed by atoms with E-state index in [1.807, 2.05) is 11.4 Å². The third kappa shape index (κ3) is 1.08. The standard InChI is InChI=1S/C8H5N5S/c1-2-14-7-3-10-8(12-6(1)7)13-5-9-4-11-13/h1-5H. The van der Waals surface area contributed by atoms with Crippen molar-refractivity contribution in [3.63, 3.8) is 0 Å². The van der Waals surface area contributed by atoms with Crippen LogP contribution in [0.1, 0.15) is 0 Å². The molecular formula is C8H5N5S. The fraction of sp³-hybridized carbons (Fsp3) is 0. The normalized spacial score (nSPS) is 10.9. The van der Waals surface area contributed by atoms with Crippen LogP contribution in [0.15, 0.2) is 30.3 Å². The Labute approximate surface area is 83.1 Å². The predicted octanol–water partition coefficient (Wildman–Crippen LogP) is 1.27. The number of rotatable bonds is 1. The van der Waals surface area contributed by atoms with Crippen LogP contribution in [0.2, 0.25) is 0 Å². The minimum Gasteiger partial charge on any atom is -0.223 e. The van der Waals surface area contributed by atoms with Gasteiger partial charge in [0.25, 0.3) is 5.95 Å². The van der Waals surface area contributed by atoms with Crippen molar-refractivity contribution >= 4 is 21.6 Å². The SMILES string of the molecule is c1ncn(-c2ncc3sccc3n2)n1. The third-order valence-electron chi connectivity index (χ3n) is 1.81. The predicted molar refractivity (Wildman–Crippen MR) is 52.3 cm³/mol. The Morgan fingerprint density at radius 1 is 1.36 bits per heavy atom. The smallest absolute Gasteiger partial charge is 0.223 e. The van der Waals surface area contributed by atoms with Crippen LogP contribution in [0.25, 0.3) is 16.2 Å². The quantitative estimate of drug-likeness (QED) is 0.597. The molecule has 14 heavy (non-hydrogen) atoms. The Bertz CT molecular complexity index is 556. The molecule has 3 aromatic rings. The molecule has 68 valence electrons. The Morgan fingerprint density at radius 3 is 3.21 bits per heavy atom. The van der Waals surface area contributed by atoms with Crippen LogP contribution in [0.5, 0.6) is 0 Å². The molecule has 0 saturated heterocycles. The molecule has 0 atom stereocenters. The average molecular weight is 203 g/mol. The van der Waals surface area contributed by atoms with Gasteiger partial charge in [-0.3, -0.25) is 0 Å². The van der Waals surface area contributed by atoms with Gasteiger partial charge in [0, 0.05) is 0 Å². The summed E-state index contributed by atoms with van der Waals surface area (Å²) < 4.78 is 2.62. The van der Waals surface area contributed by atoms with Crippen LogP contribution in [0, 0.1) is 0 Å². The van der Waals surface area contributed by atoms with E-state index in [0.717, 1.165) is 10.2 Å². The van der Waals surface area contributed by atoms with E-state index in [9.17, 15) is 0 Å². The molecule has 0 amide bonds. The van der Waals surface area contributed by atoms with Gasteiger partial charge in [0.15, 0.2) is 0 Å². The second-order valence-corrected chi connectivity index (χ2v) is 3.63. The Morgan fingerprint density at radius 2 is 2.36 bits per heavy atom. The van der Waals surface area contributed by atoms with Crippen LogP contribution >= 0.6 is 11.3 Å². The maximum Gasteiger partial charge on any atom is 0.252 e. The van der Waals surface area contributed by atoms with Crippen LogP contribution < -0.4 is 0 Å². The van der Waals surface area contributed by atoms with Crippen LogP contribution in [-0.4, -0.2) is 24.7 Å². The van der Waals surface area contributed by atoms with Gasteiger partial charge < -0.3 is 0 Å². The van der Waals surface area contributed by atoms with E-state index in [1.54, 1.807) is 23.9 Å². The molecule has 3 rings (SSSR count). The molecule has 0 radical (unpaired) electrons. The number of fused-ring (bicyclic) bond motifs is 1. The van der Waals surface area contributed by atoms with Crippen molar-refractivity contribution in [1.29, 1.82) is 0 Å². The number of aromatic nitrogens is 5. The van der Waals surface area contributed by atoms with E-state index >= 15 is 0 Å². The van der Waals surface area contributed by atoms with E-state index in [-0.39, 0.29) is 0 Å². The molecule has 0 aliphatic heterocycles. The molecule has 0 unspecified atom stereocenters. The number of thiophene rings is 1. The van der Waals surface area contributed by atoms with Crippen molar-refractivity contribution in [2.75, 3.05) is 0 Å². The van der Waals surface area contributed by atoms with Crippen molar-refractivity contribution in [3.05, 3.63) is 30.3 Å². The van der Waals surface area contributed by atoms with Gasteiger partial charge in [-0.2, -0.15) is 9.78 Å². The first kappa shape index (κ1) is 7.57. The summed E-state index contributed by atoms with van der Waals surface area (Å²) in [6.45, 7) is 0. The van der Waals surface area contributed by atoms with E-state index in [4.69, 9.17) is 0 Å². The van der Waals surface area contributed by atoms with Gasteiger partial charge >= 0.3 is 0 Å². The molecule has 0 spiro atoms. The van der Waals surface area contributed by atoms with Gasteiger partial charge in [0.1, 0.15) is 12.7 Å². The summed E-state index contributed by atoms with van der Waals surface area (Å²) in [4.78, 5) is 12.4. The summed E-state index contributed by atoms with van der Waals surface area (Å²) in [6.07, 6.45) is 4.83. The molecule has 6 heteroatoms. The molecule has 0 aliphatic carbocycles. The lowest BCUT2D eigenvalue weighted by molar-refractivity contribution is 0.814. The summed E-state index contributed by atoms with van der Waals surface area (Å²) >= 11 is 1.62. The van der Waals surface area contributed by atoms with Gasteiger partial charge in [-0.25, -0.2) is 15.0 Å². The highest BCUT2D eigenvalue weighted by atomic mass is 32.1. The highest BCUT2D eigenvalue weighted by molar-refractivity contribution is 7.17.